The molecule has 2 aliphatic heterocycles. The number of rotatable bonds is 10. The Morgan fingerprint density at radius 3 is 1.38 bits per heavy atom. The maximum Gasteiger partial charge on any atom is 0.232 e. The number of piperidine rings is 2. The van der Waals surface area contributed by atoms with E-state index in [4.69, 9.17) is 36.0 Å². The van der Waals surface area contributed by atoms with Gasteiger partial charge in [0, 0.05) is 25.3 Å². The second-order valence-electron chi connectivity index (χ2n) is 13.6. The molecule has 3 heterocycles. The van der Waals surface area contributed by atoms with Gasteiger partial charge in [-0.2, -0.15) is 15.0 Å². The van der Waals surface area contributed by atoms with Crippen LogP contribution >= 0.6 is 11.6 Å². The van der Waals surface area contributed by atoms with Gasteiger partial charge in [0.1, 0.15) is 0 Å². The third kappa shape index (κ3) is 6.17. The van der Waals surface area contributed by atoms with E-state index in [0.717, 1.165) is 38.8 Å². The van der Waals surface area contributed by atoms with E-state index in [1.165, 1.54) is 0 Å². The molecule has 1 aromatic rings. The van der Waals surface area contributed by atoms with Gasteiger partial charge in [-0.25, -0.2) is 0 Å². The van der Waals surface area contributed by atoms with Crippen molar-refractivity contribution in [3.63, 3.8) is 0 Å². The van der Waals surface area contributed by atoms with Crippen molar-refractivity contribution in [1.29, 1.82) is 0 Å². The predicted octanol–water partition coefficient (Wildman–Crippen LogP) is 4.83. The monoisotopic (exact) mass is 567 g/mol. The van der Waals surface area contributed by atoms with Crippen molar-refractivity contribution in [2.75, 3.05) is 37.1 Å². The molecule has 39 heavy (non-hydrogen) atoms. The molecule has 1 aromatic heterocycles. The van der Waals surface area contributed by atoms with E-state index in [0.29, 0.717) is 11.9 Å². The maximum atomic E-state index is 6.72. The molecule has 0 amide bonds. The van der Waals surface area contributed by atoms with Crippen molar-refractivity contribution < 1.29 is 9.47 Å². The average Bonchev–Trinajstić information content (AvgIpc) is 2.80. The molecule has 0 saturated carbocycles. The quantitative estimate of drug-likeness (QED) is 0.413. The van der Waals surface area contributed by atoms with Crippen molar-refractivity contribution in [2.24, 2.45) is 0 Å². The summed E-state index contributed by atoms with van der Waals surface area (Å²) in [4.78, 5) is 19.3. The molecular formula is C29H54ClN7O2. The molecule has 3 rings (SSSR count). The van der Waals surface area contributed by atoms with Gasteiger partial charge in [-0.3, -0.25) is 0 Å². The Hall–Kier alpha value is -1.26. The summed E-state index contributed by atoms with van der Waals surface area (Å²) in [5.74, 6) is 1.19. The van der Waals surface area contributed by atoms with E-state index in [1.807, 2.05) is 14.2 Å². The number of nitrogens with zero attached hydrogens (tertiary/aromatic N) is 5. The summed E-state index contributed by atoms with van der Waals surface area (Å²) in [7, 11) is 3.61. The van der Waals surface area contributed by atoms with Gasteiger partial charge in [0.2, 0.25) is 17.2 Å². The lowest BCUT2D eigenvalue weighted by molar-refractivity contribution is -0.00831. The molecule has 10 heteroatoms. The molecule has 2 saturated heterocycles. The Balaban J connectivity index is 2.14. The lowest BCUT2D eigenvalue weighted by Gasteiger charge is -2.60. The minimum absolute atomic E-state index is 0.0610. The third-order valence-corrected chi connectivity index (χ3v) is 9.02. The minimum atomic E-state index is -0.362. The standard InChI is InChI=1S/C29H54ClN7O2/c1-13-15-31-21-19(38-11)17-26(3,4)36(28(21,7)8)24-33-23(30)34-25(35-24)37-27(5,6)18-20(39-12)22(29(37,9)10)32-16-14-2/h19-22,31-32H,13-18H2,1-12H3. The van der Waals surface area contributed by atoms with Crippen molar-refractivity contribution in [2.45, 2.75) is 141 Å². The number of aromatic nitrogens is 3. The highest BCUT2D eigenvalue weighted by molar-refractivity contribution is 6.28. The maximum absolute atomic E-state index is 6.72. The van der Waals surface area contributed by atoms with Gasteiger partial charge in [0.05, 0.1) is 35.4 Å². The molecule has 0 aromatic carbocycles. The highest BCUT2D eigenvalue weighted by atomic mass is 35.5. The Morgan fingerprint density at radius 1 is 0.718 bits per heavy atom. The second kappa shape index (κ2) is 11.9. The number of halogens is 1. The van der Waals surface area contributed by atoms with Crippen LogP contribution in [0.5, 0.6) is 0 Å². The lowest BCUT2D eigenvalue weighted by atomic mass is 9.74. The van der Waals surface area contributed by atoms with E-state index in [1.54, 1.807) is 0 Å². The zero-order valence-corrected chi connectivity index (χ0v) is 27.2. The van der Waals surface area contributed by atoms with E-state index in [2.05, 4.69) is 89.7 Å². The number of ether oxygens (including phenoxy) is 2. The van der Waals surface area contributed by atoms with E-state index in [-0.39, 0.29) is 51.7 Å². The first-order chi connectivity index (χ1) is 18.1. The van der Waals surface area contributed by atoms with Crippen LogP contribution in [0.1, 0.15) is 94.9 Å². The van der Waals surface area contributed by atoms with Crippen LogP contribution < -0.4 is 20.4 Å². The fourth-order valence-corrected chi connectivity index (χ4v) is 7.69. The van der Waals surface area contributed by atoms with Crippen LogP contribution in [0.3, 0.4) is 0 Å². The summed E-state index contributed by atoms with van der Waals surface area (Å²) in [5.41, 5.74) is -1.29. The molecule has 0 spiro atoms. The van der Waals surface area contributed by atoms with Crippen LogP contribution in [-0.4, -0.2) is 88.7 Å². The largest absolute Gasteiger partial charge is 0.380 e. The molecule has 4 unspecified atom stereocenters. The molecule has 2 N–H and O–H groups in total. The molecule has 4 atom stereocenters. The fraction of sp³-hybridized carbons (Fsp3) is 0.897. The van der Waals surface area contributed by atoms with Gasteiger partial charge in [-0.05, 0) is 106 Å². The molecule has 2 aliphatic rings. The highest BCUT2D eigenvalue weighted by Crippen LogP contribution is 2.45. The van der Waals surface area contributed by atoms with Gasteiger partial charge in [0.25, 0.3) is 0 Å². The first-order valence-electron chi connectivity index (χ1n) is 14.6. The van der Waals surface area contributed by atoms with Gasteiger partial charge in [-0.1, -0.05) is 13.8 Å². The summed E-state index contributed by atoms with van der Waals surface area (Å²) < 4.78 is 12.0. The summed E-state index contributed by atoms with van der Waals surface area (Å²) in [6.07, 6.45) is 3.86. The molecule has 224 valence electrons. The van der Waals surface area contributed by atoms with Gasteiger partial charge >= 0.3 is 0 Å². The summed E-state index contributed by atoms with van der Waals surface area (Å²) in [6.45, 7) is 24.1. The van der Waals surface area contributed by atoms with Gasteiger partial charge < -0.3 is 29.9 Å². The number of hydrogen-bond acceptors (Lipinski definition) is 9. The van der Waals surface area contributed by atoms with Crippen LogP contribution in [0.25, 0.3) is 0 Å². The summed E-state index contributed by atoms with van der Waals surface area (Å²) in [5, 5.41) is 7.71. The molecule has 0 aliphatic carbocycles. The Labute approximate surface area is 242 Å². The highest BCUT2D eigenvalue weighted by Gasteiger charge is 2.55. The van der Waals surface area contributed by atoms with Crippen molar-refractivity contribution in [1.82, 2.24) is 25.6 Å². The van der Waals surface area contributed by atoms with E-state index < -0.39 is 0 Å². The molecule has 0 bridgehead atoms. The lowest BCUT2D eigenvalue weighted by Crippen LogP contribution is -2.74. The first-order valence-corrected chi connectivity index (χ1v) is 15.0. The smallest absolute Gasteiger partial charge is 0.232 e. The zero-order valence-electron chi connectivity index (χ0n) is 26.5. The fourth-order valence-electron chi connectivity index (χ4n) is 7.54. The normalized spacial score (nSPS) is 29.5. The van der Waals surface area contributed by atoms with Crippen molar-refractivity contribution in [3.8, 4) is 0 Å². The number of methoxy groups -OCH3 is 2. The molecule has 9 nitrogen and oxygen atoms in total. The zero-order chi connectivity index (χ0) is 29.4. The Kier molecular flexibility index (Phi) is 9.86. The molecule has 0 radical (unpaired) electrons. The number of hydrogen-bond donors (Lipinski definition) is 2. The average molecular weight is 568 g/mol. The topological polar surface area (TPSA) is 87.7 Å². The van der Waals surface area contributed by atoms with Gasteiger partial charge in [-0.15, -0.1) is 0 Å². The Morgan fingerprint density at radius 2 is 1.08 bits per heavy atom. The van der Waals surface area contributed by atoms with Crippen LogP contribution in [0.15, 0.2) is 0 Å². The molecule has 2 fully saturated rings. The third-order valence-electron chi connectivity index (χ3n) is 8.85. The number of anilines is 2. The summed E-state index contributed by atoms with van der Waals surface area (Å²) >= 11 is 6.72. The van der Waals surface area contributed by atoms with E-state index >= 15 is 0 Å². The second-order valence-corrected chi connectivity index (χ2v) is 14.0. The van der Waals surface area contributed by atoms with Crippen LogP contribution in [0.4, 0.5) is 11.9 Å². The Bertz CT molecular complexity index is 899. The van der Waals surface area contributed by atoms with Crippen LogP contribution in [0.2, 0.25) is 5.28 Å². The van der Waals surface area contributed by atoms with Gasteiger partial charge in [0.15, 0.2) is 0 Å². The first kappa shape index (κ1) is 32.3. The van der Waals surface area contributed by atoms with E-state index in [9.17, 15) is 0 Å². The molecular weight excluding hydrogens is 514 g/mol. The number of nitrogens with one attached hydrogen (secondary N) is 2. The van der Waals surface area contributed by atoms with Crippen LogP contribution in [0, 0.1) is 0 Å². The minimum Gasteiger partial charge on any atom is -0.380 e. The summed E-state index contributed by atoms with van der Waals surface area (Å²) in [6, 6.07) is 0.171. The van der Waals surface area contributed by atoms with Crippen LogP contribution in [-0.2, 0) is 9.47 Å². The predicted molar refractivity (Wildman–Crippen MR) is 161 cm³/mol. The SMILES string of the molecule is CCCNC1C(OC)CC(C)(C)N(c2nc(Cl)nc(N3C(C)(C)CC(OC)C(NCCC)C3(C)C)n2)C1(C)C. The van der Waals surface area contributed by atoms with Crippen molar-refractivity contribution >= 4 is 23.5 Å². The van der Waals surface area contributed by atoms with Crippen molar-refractivity contribution in [3.05, 3.63) is 5.28 Å².